The number of aromatic nitrogens is 3. The first-order valence-electron chi connectivity index (χ1n) is 17.6. The number of anilines is 1. The van der Waals surface area contributed by atoms with E-state index in [0.29, 0.717) is 85.5 Å². The molecule has 2 fully saturated rings. The minimum atomic E-state index is -4.59. The highest BCUT2D eigenvalue weighted by molar-refractivity contribution is 5.51. The summed E-state index contributed by atoms with van der Waals surface area (Å²) in [6, 6.07) is 4.01. The van der Waals surface area contributed by atoms with Crippen molar-refractivity contribution in [3.05, 3.63) is 75.9 Å². The minimum absolute atomic E-state index is 0.0274. The average molecular weight is 705 g/mol. The van der Waals surface area contributed by atoms with E-state index in [0.717, 1.165) is 24.3 Å². The van der Waals surface area contributed by atoms with Crippen molar-refractivity contribution >= 4 is 5.95 Å². The second kappa shape index (κ2) is 14.0. The van der Waals surface area contributed by atoms with E-state index in [2.05, 4.69) is 23.8 Å². The molecule has 3 aromatic rings. The van der Waals surface area contributed by atoms with Crippen LogP contribution in [-0.4, -0.2) is 45.7 Å². The summed E-state index contributed by atoms with van der Waals surface area (Å²) in [5.74, 6) is -2.03. The van der Waals surface area contributed by atoms with Gasteiger partial charge < -0.3 is 14.7 Å². The molecule has 272 valence electrons. The van der Waals surface area contributed by atoms with Gasteiger partial charge in [-0.3, -0.25) is 4.98 Å². The van der Waals surface area contributed by atoms with Gasteiger partial charge in [-0.1, -0.05) is 39.8 Å². The molecule has 3 heterocycles. The Kier molecular flexibility index (Phi) is 10.2. The topological polar surface area (TPSA) is 71.4 Å². The van der Waals surface area contributed by atoms with Crippen molar-refractivity contribution in [3.63, 3.8) is 0 Å². The molecule has 1 saturated heterocycles. The summed E-state index contributed by atoms with van der Waals surface area (Å²) in [4.78, 5) is 16.2. The number of rotatable bonds is 8. The van der Waals surface area contributed by atoms with Gasteiger partial charge in [0.15, 0.2) is 11.9 Å². The summed E-state index contributed by atoms with van der Waals surface area (Å²) in [5.41, 5.74) is 1.26. The van der Waals surface area contributed by atoms with E-state index in [4.69, 9.17) is 9.72 Å². The first-order chi connectivity index (χ1) is 23.5. The Balaban J connectivity index is 1.40. The van der Waals surface area contributed by atoms with Gasteiger partial charge >= 0.3 is 6.18 Å². The van der Waals surface area contributed by atoms with E-state index in [9.17, 15) is 27.1 Å². The first-order valence-corrected chi connectivity index (χ1v) is 17.6. The lowest BCUT2D eigenvalue weighted by atomic mass is 9.68. The van der Waals surface area contributed by atoms with E-state index in [1.165, 1.54) is 0 Å². The predicted molar refractivity (Wildman–Crippen MR) is 178 cm³/mol. The zero-order valence-corrected chi connectivity index (χ0v) is 29.0. The monoisotopic (exact) mass is 704 g/mol. The predicted octanol–water partition coefficient (Wildman–Crippen LogP) is 9.67. The zero-order valence-electron chi connectivity index (χ0n) is 29.0. The number of aliphatic hydroxyl groups excluding tert-OH is 1. The second-order valence-corrected chi connectivity index (χ2v) is 15.5. The lowest BCUT2D eigenvalue weighted by Gasteiger charge is -2.41. The first kappa shape index (κ1) is 36.4. The molecule has 0 bridgehead atoms. The molecule has 12 heteroatoms. The average Bonchev–Trinajstić information content (AvgIpc) is 3.06. The van der Waals surface area contributed by atoms with E-state index < -0.39 is 35.9 Å². The number of benzene rings is 1. The number of ether oxygens (including phenoxy) is 1. The van der Waals surface area contributed by atoms with Gasteiger partial charge in [0.25, 0.3) is 0 Å². The van der Waals surface area contributed by atoms with Crippen molar-refractivity contribution in [2.75, 3.05) is 24.6 Å². The maximum atomic E-state index is 17.2. The SMILES string of the molecule is CC(C)COc1cnc(N2CCC(c3nc4c(c(C5CCC(F)(F)CC5)c3C(F)c3ccc(C(F)(F)F)cc3)[C@@H](O)CC(C)(C)C4)CC2)nc1. The highest BCUT2D eigenvalue weighted by Gasteiger charge is 2.44. The standard InChI is InChI=1S/C38H46F6N4O2/c1-22(2)21-50-27-19-45-35(46-20-27)48-15-11-25(12-16-48)34-32(33(39)24-5-7-26(8-6-24)38(42,43)44)30(23-9-13-37(40,41)14-10-23)31-28(47-34)17-36(3,4)18-29(31)49/h5-8,19-20,22-23,25,29,33,49H,9-18,21H2,1-4H3/t29-,33?/m0/s1. The van der Waals surface area contributed by atoms with Gasteiger partial charge in [0.05, 0.1) is 36.4 Å². The minimum Gasteiger partial charge on any atom is -0.490 e. The maximum Gasteiger partial charge on any atom is 0.416 e. The number of hydrogen-bond acceptors (Lipinski definition) is 6. The maximum absolute atomic E-state index is 17.2. The van der Waals surface area contributed by atoms with Gasteiger partial charge in [-0.15, -0.1) is 0 Å². The highest BCUT2D eigenvalue weighted by atomic mass is 19.4. The van der Waals surface area contributed by atoms with Crippen LogP contribution >= 0.6 is 0 Å². The number of alkyl halides is 6. The fourth-order valence-electron chi connectivity index (χ4n) is 7.88. The van der Waals surface area contributed by atoms with E-state index in [-0.39, 0.29) is 48.1 Å². The van der Waals surface area contributed by atoms with Crippen LogP contribution in [0.2, 0.25) is 0 Å². The summed E-state index contributed by atoms with van der Waals surface area (Å²) in [7, 11) is 0. The van der Waals surface area contributed by atoms with Gasteiger partial charge in [-0.2, -0.15) is 13.2 Å². The quantitative estimate of drug-likeness (QED) is 0.236. The zero-order chi connectivity index (χ0) is 36.0. The molecule has 0 spiro atoms. The Labute approximate surface area is 289 Å². The number of aliphatic hydroxyl groups is 1. The fraction of sp³-hybridized carbons (Fsp3) is 0.605. The van der Waals surface area contributed by atoms with Gasteiger partial charge in [0, 0.05) is 48.7 Å². The number of halogens is 6. The smallest absolute Gasteiger partial charge is 0.416 e. The number of piperidine rings is 1. The second-order valence-electron chi connectivity index (χ2n) is 15.5. The molecule has 0 radical (unpaired) electrons. The van der Waals surface area contributed by atoms with Crippen LogP contribution in [0.3, 0.4) is 0 Å². The highest BCUT2D eigenvalue weighted by Crippen LogP contribution is 2.52. The lowest BCUT2D eigenvalue weighted by Crippen LogP contribution is -2.36. The van der Waals surface area contributed by atoms with Crippen molar-refractivity contribution in [3.8, 4) is 5.75 Å². The van der Waals surface area contributed by atoms with Crippen LogP contribution in [0.15, 0.2) is 36.7 Å². The third kappa shape index (κ3) is 7.90. The van der Waals surface area contributed by atoms with Crippen molar-refractivity contribution in [2.45, 2.75) is 115 Å². The molecule has 2 atom stereocenters. The van der Waals surface area contributed by atoms with Crippen LogP contribution < -0.4 is 9.64 Å². The number of nitrogens with zero attached hydrogens (tertiary/aromatic N) is 4. The summed E-state index contributed by atoms with van der Waals surface area (Å²) in [6.45, 7) is 9.82. The number of pyridine rings is 1. The molecule has 2 aliphatic carbocycles. The summed E-state index contributed by atoms with van der Waals surface area (Å²) < 4.78 is 92.2. The molecule has 3 aliphatic rings. The Morgan fingerprint density at radius 1 is 0.940 bits per heavy atom. The van der Waals surface area contributed by atoms with Crippen molar-refractivity contribution in [1.82, 2.24) is 15.0 Å². The molecule has 1 aliphatic heterocycles. The van der Waals surface area contributed by atoms with Crippen LogP contribution in [0.1, 0.15) is 136 Å². The fourth-order valence-corrected chi connectivity index (χ4v) is 7.88. The number of hydrogen-bond donors (Lipinski definition) is 1. The van der Waals surface area contributed by atoms with E-state index in [1.54, 1.807) is 12.4 Å². The van der Waals surface area contributed by atoms with Gasteiger partial charge in [-0.25, -0.2) is 23.1 Å². The van der Waals surface area contributed by atoms with Crippen LogP contribution in [0, 0.1) is 11.3 Å². The molecule has 6 rings (SSSR count). The Morgan fingerprint density at radius 3 is 2.14 bits per heavy atom. The van der Waals surface area contributed by atoms with Gasteiger partial charge in [-0.05, 0) is 79.0 Å². The van der Waals surface area contributed by atoms with Crippen LogP contribution in [-0.2, 0) is 12.6 Å². The molecular weight excluding hydrogens is 658 g/mol. The van der Waals surface area contributed by atoms with Crippen molar-refractivity contribution in [1.29, 1.82) is 0 Å². The van der Waals surface area contributed by atoms with E-state index in [1.807, 2.05) is 18.7 Å². The summed E-state index contributed by atoms with van der Waals surface area (Å²) >= 11 is 0. The summed E-state index contributed by atoms with van der Waals surface area (Å²) in [5, 5.41) is 11.6. The third-order valence-electron chi connectivity index (χ3n) is 10.4. The summed E-state index contributed by atoms with van der Waals surface area (Å²) in [6.07, 6.45) is -2.58. The third-order valence-corrected chi connectivity index (χ3v) is 10.4. The Bertz CT molecular complexity index is 1630. The molecule has 1 N–H and O–H groups in total. The number of fused-ring (bicyclic) bond motifs is 1. The molecule has 50 heavy (non-hydrogen) atoms. The molecule has 2 aromatic heterocycles. The largest absolute Gasteiger partial charge is 0.490 e. The van der Waals surface area contributed by atoms with Gasteiger partial charge in [0.1, 0.15) is 0 Å². The molecule has 0 amide bonds. The van der Waals surface area contributed by atoms with Crippen LogP contribution in [0.4, 0.5) is 32.3 Å². The van der Waals surface area contributed by atoms with Crippen LogP contribution in [0.5, 0.6) is 5.75 Å². The Morgan fingerprint density at radius 2 is 1.56 bits per heavy atom. The van der Waals surface area contributed by atoms with Crippen molar-refractivity contribution in [2.24, 2.45) is 11.3 Å². The molecule has 1 saturated carbocycles. The molecule has 1 unspecified atom stereocenters. The normalized spacial score (nSPS) is 22.0. The van der Waals surface area contributed by atoms with Gasteiger partial charge in [0.2, 0.25) is 11.9 Å². The van der Waals surface area contributed by atoms with E-state index >= 15 is 4.39 Å². The van der Waals surface area contributed by atoms with Crippen molar-refractivity contribution < 1.29 is 36.2 Å². The molecule has 1 aromatic carbocycles. The Hall–Kier alpha value is -3.41. The van der Waals surface area contributed by atoms with Crippen LogP contribution in [0.25, 0.3) is 0 Å². The molecular formula is C38H46F6N4O2. The lowest BCUT2D eigenvalue weighted by molar-refractivity contribution is -0.137. The molecule has 6 nitrogen and oxygen atoms in total.